The largest absolute Gasteiger partial charge is 0.382 e. The molecular weight excluding hydrogens is 301 g/mol. The monoisotopic (exact) mass is 319 g/mol. The number of amides is 2. The number of hydrogen-bond donors (Lipinski definition) is 2. The predicted molar refractivity (Wildman–Crippen MR) is 81.2 cm³/mol. The number of hydrogen-bond acceptors (Lipinski definition) is 4. The van der Waals surface area contributed by atoms with Gasteiger partial charge in [-0.25, -0.2) is 4.39 Å². The van der Waals surface area contributed by atoms with Gasteiger partial charge in [0.15, 0.2) is 0 Å². The first-order valence-corrected chi connectivity index (χ1v) is 7.67. The van der Waals surface area contributed by atoms with Gasteiger partial charge in [-0.1, -0.05) is 17.3 Å². The standard InChI is InChI=1S/C16H18FN3O3/c17-11-3-1-10(2-4-11)13-9-14(23-20-13)16(22)18-8-7-15(21)19-12-5-6-12/h1-4,12,14H,5-9H2,(H,18,22)(H,19,21). The molecule has 1 atom stereocenters. The molecule has 6 nitrogen and oxygen atoms in total. The lowest BCUT2D eigenvalue weighted by molar-refractivity contribution is -0.131. The zero-order valence-electron chi connectivity index (χ0n) is 12.5. The van der Waals surface area contributed by atoms with Crippen molar-refractivity contribution < 1.29 is 18.8 Å². The number of carbonyl (C=O) groups excluding carboxylic acids is 2. The normalized spacial score (nSPS) is 19.7. The molecule has 0 bridgehead atoms. The molecule has 1 saturated carbocycles. The number of nitrogens with one attached hydrogen (secondary N) is 2. The third-order valence-electron chi connectivity index (χ3n) is 3.73. The van der Waals surface area contributed by atoms with Crippen LogP contribution in [0.3, 0.4) is 0 Å². The van der Waals surface area contributed by atoms with E-state index in [1.54, 1.807) is 12.1 Å². The van der Waals surface area contributed by atoms with Crippen LogP contribution in [0.4, 0.5) is 4.39 Å². The van der Waals surface area contributed by atoms with Crippen LogP contribution in [-0.4, -0.2) is 36.2 Å². The minimum atomic E-state index is -0.707. The van der Waals surface area contributed by atoms with E-state index < -0.39 is 6.10 Å². The van der Waals surface area contributed by atoms with Gasteiger partial charge in [0.1, 0.15) is 5.82 Å². The molecule has 0 saturated heterocycles. The highest BCUT2D eigenvalue weighted by Gasteiger charge is 2.29. The number of halogens is 1. The van der Waals surface area contributed by atoms with Crippen molar-refractivity contribution >= 4 is 17.5 Å². The predicted octanol–water partition coefficient (Wildman–Crippen LogP) is 1.10. The van der Waals surface area contributed by atoms with E-state index in [1.807, 2.05) is 0 Å². The first-order chi connectivity index (χ1) is 11.1. The molecule has 2 N–H and O–H groups in total. The molecule has 2 amide bonds. The highest BCUT2D eigenvalue weighted by atomic mass is 19.1. The van der Waals surface area contributed by atoms with Crippen molar-refractivity contribution in [3.8, 4) is 0 Å². The summed E-state index contributed by atoms with van der Waals surface area (Å²) in [5, 5.41) is 9.41. The molecule has 1 aromatic rings. The van der Waals surface area contributed by atoms with Gasteiger partial charge in [-0.2, -0.15) is 0 Å². The van der Waals surface area contributed by atoms with Crippen molar-refractivity contribution in [3.05, 3.63) is 35.6 Å². The number of oxime groups is 1. The molecule has 1 aromatic carbocycles. The summed E-state index contributed by atoms with van der Waals surface area (Å²) >= 11 is 0. The third-order valence-corrected chi connectivity index (χ3v) is 3.73. The van der Waals surface area contributed by atoms with Crippen LogP contribution in [0.2, 0.25) is 0 Å². The molecule has 1 fully saturated rings. The highest BCUT2D eigenvalue weighted by molar-refractivity contribution is 6.04. The molecule has 1 heterocycles. The molecule has 1 aliphatic carbocycles. The minimum Gasteiger partial charge on any atom is -0.382 e. The maximum atomic E-state index is 12.9. The Hall–Kier alpha value is -2.44. The van der Waals surface area contributed by atoms with E-state index in [-0.39, 0.29) is 30.6 Å². The fourth-order valence-corrected chi connectivity index (χ4v) is 2.27. The van der Waals surface area contributed by atoms with Crippen LogP contribution in [0, 0.1) is 5.82 Å². The third kappa shape index (κ3) is 4.28. The van der Waals surface area contributed by atoms with Crippen LogP contribution in [0.1, 0.15) is 31.2 Å². The lowest BCUT2D eigenvalue weighted by atomic mass is 10.0. The molecule has 1 aliphatic heterocycles. The molecule has 0 aromatic heterocycles. The Morgan fingerprint density at radius 1 is 1.26 bits per heavy atom. The van der Waals surface area contributed by atoms with Crippen molar-refractivity contribution in [2.75, 3.05) is 6.54 Å². The zero-order valence-corrected chi connectivity index (χ0v) is 12.5. The van der Waals surface area contributed by atoms with Crippen molar-refractivity contribution in [1.29, 1.82) is 0 Å². The van der Waals surface area contributed by atoms with E-state index in [9.17, 15) is 14.0 Å². The highest BCUT2D eigenvalue weighted by Crippen LogP contribution is 2.19. The molecule has 23 heavy (non-hydrogen) atoms. The van der Waals surface area contributed by atoms with Crippen LogP contribution in [0.15, 0.2) is 29.4 Å². The minimum absolute atomic E-state index is 0.0524. The summed E-state index contributed by atoms with van der Waals surface area (Å²) in [5.41, 5.74) is 1.34. The van der Waals surface area contributed by atoms with E-state index in [1.165, 1.54) is 12.1 Å². The summed E-state index contributed by atoms with van der Waals surface area (Å²) in [7, 11) is 0. The molecule has 0 radical (unpaired) electrons. The van der Waals surface area contributed by atoms with Crippen molar-refractivity contribution in [3.63, 3.8) is 0 Å². The Labute approximate surface area is 133 Å². The topological polar surface area (TPSA) is 79.8 Å². The van der Waals surface area contributed by atoms with E-state index in [0.29, 0.717) is 18.2 Å². The van der Waals surface area contributed by atoms with Gasteiger partial charge in [-0.05, 0) is 30.5 Å². The maximum Gasteiger partial charge on any atom is 0.264 e. The van der Waals surface area contributed by atoms with Crippen LogP contribution in [0.25, 0.3) is 0 Å². The Kier molecular flexibility index (Phi) is 4.55. The smallest absolute Gasteiger partial charge is 0.264 e. The molecule has 7 heteroatoms. The zero-order chi connectivity index (χ0) is 16.2. The van der Waals surface area contributed by atoms with E-state index in [4.69, 9.17) is 4.84 Å². The van der Waals surface area contributed by atoms with E-state index >= 15 is 0 Å². The molecule has 1 unspecified atom stereocenters. The lowest BCUT2D eigenvalue weighted by Crippen LogP contribution is -2.37. The second kappa shape index (κ2) is 6.76. The first-order valence-electron chi connectivity index (χ1n) is 7.67. The molecule has 2 aliphatic rings. The summed E-state index contributed by atoms with van der Waals surface area (Å²) in [6.07, 6.45) is 1.95. The Morgan fingerprint density at radius 3 is 2.70 bits per heavy atom. The summed E-state index contributed by atoms with van der Waals surface area (Å²) < 4.78 is 12.9. The van der Waals surface area contributed by atoms with Gasteiger partial charge in [-0.15, -0.1) is 0 Å². The summed E-state index contributed by atoms with van der Waals surface area (Å²) in [4.78, 5) is 28.6. The quantitative estimate of drug-likeness (QED) is 0.824. The molecule has 0 spiro atoms. The Bertz CT molecular complexity index is 626. The van der Waals surface area contributed by atoms with Gasteiger partial charge >= 0.3 is 0 Å². The maximum absolute atomic E-state index is 12.9. The lowest BCUT2D eigenvalue weighted by Gasteiger charge is -2.09. The van der Waals surface area contributed by atoms with Crippen LogP contribution < -0.4 is 10.6 Å². The average Bonchev–Trinajstić information content (AvgIpc) is 3.20. The van der Waals surface area contributed by atoms with Crippen LogP contribution in [0.5, 0.6) is 0 Å². The van der Waals surface area contributed by atoms with Gasteiger partial charge in [0.05, 0.1) is 5.71 Å². The summed E-state index contributed by atoms with van der Waals surface area (Å²) in [6.45, 7) is 0.267. The van der Waals surface area contributed by atoms with E-state index in [0.717, 1.165) is 18.4 Å². The second-order valence-electron chi connectivity index (χ2n) is 5.73. The van der Waals surface area contributed by atoms with Crippen molar-refractivity contribution in [2.45, 2.75) is 37.8 Å². The SMILES string of the molecule is O=C(CCNC(=O)C1CC(c2ccc(F)cc2)=NO1)NC1CC1. The molecule has 3 rings (SSSR count). The van der Waals surface area contributed by atoms with Gasteiger partial charge < -0.3 is 15.5 Å². The summed E-state index contributed by atoms with van der Waals surface area (Å²) in [6, 6.07) is 6.19. The first kappa shape index (κ1) is 15.5. The number of benzene rings is 1. The average molecular weight is 319 g/mol. The number of nitrogens with zero attached hydrogens (tertiary/aromatic N) is 1. The summed E-state index contributed by atoms with van der Waals surface area (Å²) in [5.74, 6) is -0.680. The fraction of sp³-hybridized carbons (Fsp3) is 0.438. The van der Waals surface area contributed by atoms with E-state index in [2.05, 4.69) is 15.8 Å². The van der Waals surface area contributed by atoms with Crippen LogP contribution >= 0.6 is 0 Å². The number of rotatable bonds is 6. The number of carbonyl (C=O) groups is 2. The van der Waals surface area contributed by atoms with Gasteiger partial charge in [0.2, 0.25) is 12.0 Å². The Balaban J connectivity index is 1.41. The fourth-order valence-electron chi connectivity index (χ4n) is 2.27. The van der Waals surface area contributed by atoms with Gasteiger partial charge in [0, 0.05) is 25.4 Å². The van der Waals surface area contributed by atoms with Gasteiger partial charge in [0.25, 0.3) is 5.91 Å². The van der Waals surface area contributed by atoms with Crippen molar-refractivity contribution in [1.82, 2.24) is 10.6 Å². The second-order valence-corrected chi connectivity index (χ2v) is 5.73. The van der Waals surface area contributed by atoms with Gasteiger partial charge in [-0.3, -0.25) is 9.59 Å². The molecule has 122 valence electrons. The molecular formula is C16H18FN3O3. The van der Waals surface area contributed by atoms with Crippen molar-refractivity contribution in [2.24, 2.45) is 5.16 Å². The Morgan fingerprint density at radius 2 is 2.00 bits per heavy atom. The van der Waals surface area contributed by atoms with Crippen LogP contribution in [-0.2, 0) is 14.4 Å².